The van der Waals surface area contributed by atoms with Gasteiger partial charge >= 0.3 is 12.3 Å². The van der Waals surface area contributed by atoms with Gasteiger partial charge in [0.2, 0.25) is 0 Å². The zero-order chi connectivity index (χ0) is 16.2. The van der Waals surface area contributed by atoms with Crippen molar-refractivity contribution >= 4 is 5.91 Å². The number of rotatable bonds is 6. The first-order valence-electron chi connectivity index (χ1n) is 6.39. The number of halogens is 4. The molecule has 0 saturated carbocycles. The van der Waals surface area contributed by atoms with Gasteiger partial charge in [-0.2, -0.15) is 13.9 Å². The van der Waals surface area contributed by atoms with Crippen LogP contribution in [0.5, 0.6) is 0 Å². The third-order valence-corrected chi connectivity index (χ3v) is 2.93. The molecule has 0 saturated heterocycles. The molecule has 1 amide bonds. The Hall–Kier alpha value is -2.38. The van der Waals surface area contributed by atoms with Crippen LogP contribution in [0.1, 0.15) is 11.1 Å². The highest BCUT2D eigenvalue weighted by Crippen LogP contribution is 2.22. The van der Waals surface area contributed by atoms with Crippen molar-refractivity contribution in [3.63, 3.8) is 0 Å². The molecule has 0 atom stereocenters. The predicted octanol–water partition coefficient (Wildman–Crippen LogP) is 2.45. The summed E-state index contributed by atoms with van der Waals surface area (Å²) in [5.74, 6) is -6.67. The van der Waals surface area contributed by atoms with E-state index in [9.17, 15) is 22.4 Å². The van der Waals surface area contributed by atoms with Gasteiger partial charge in [-0.15, -0.1) is 0 Å². The first kappa shape index (κ1) is 16.0. The van der Waals surface area contributed by atoms with E-state index < -0.39 is 18.3 Å². The zero-order valence-corrected chi connectivity index (χ0v) is 11.3. The van der Waals surface area contributed by atoms with E-state index in [1.165, 1.54) is 0 Å². The largest absolute Gasteiger partial charge is 0.383 e. The SMILES string of the molecule is O=C(NCc1cccc(Cn2cccn2)c1)C(F)(F)C(F)F. The molecule has 118 valence electrons. The van der Waals surface area contributed by atoms with Gasteiger partial charge in [-0.1, -0.05) is 24.3 Å². The van der Waals surface area contributed by atoms with Crippen LogP contribution in [0.3, 0.4) is 0 Å². The Kier molecular flexibility index (Phi) is 4.79. The maximum absolute atomic E-state index is 12.8. The van der Waals surface area contributed by atoms with Crippen LogP contribution in [0.2, 0.25) is 0 Å². The number of benzene rings is 1. The van der Waals surface area contributed by atoms with Crippen LogP contribution in [-0.2, 0) is 17.9 Å². The van der Waals surface area contributed by atoms with Gasteiger partial charge in [0.15, 0.2) is 0 Å². The smallest absolute Gasteiger partial charge is 0.347 e. The molecule has 2 aromatic rings. The average molecular weight is 315 g/mol. The molecule has 1 aromatic carbocycles. The van der Waals surface area contributed by atoms with Crippen LogP contribution in [0.15, 0.2) is 42.7 Å². The maximum atomic E-state index is 12.8. The van der Waals surface area contributed by atoms with E-state index >= 15 is 0 Å². The highest BCUT2D eigenvalue weighted by molar-refractivity contribution is 5.83. The zero-order valence-electron chi connectivity index (χ0n) is 11.3. The topological polar surface area (TPSA) is 46.9 Å². The summed E-state index contributed by atoms with van der Waals surface area (Å²) in [7, 11) is 0. The number of nitrogens with zero attached hydrogens (tertiary/aromatic N) is 2. The third kappa shape index (κ3) is 3.84. The van der Waals surface area contributed by atoms with Crippen molar-refractivity contribution in [1.82, 2.24) is 15.1 Å². The summed E-state index contributed by atoms with van der Waals surface area (Å²) < 4.78 is 51.4. The summed E-state index contributed by atoms with van der Waals surface area (Å²) >= 11 is 0. The molecule has 22 heavy (non-hydrogen) atoms. The lowest BCUT2D eigenvalue weighted by Gasteiger charge is -2.15. The second-order valence-corrected chi connectivity index (χ2v) is 4.63. The fraction of sp³-hybridized carbons (Fsp3) is 0.286. The number of amides is 1. The highest BCUT2D eigenvalue weighted by Gasteiger charge is 2.48. The first-order valence-corrected chi connectivity index (χ1v) is 6.39. The molecule has 1 N–H and O–H groups in total. The summed E-state index contributed by atoms with van der Waals surface area (Å²) in [6, 6.07) is 8.54. The van der Waals surface area contributed by atoms with E-state index in [0.29, 0.717) is 12.1 Å². The molecule has 1 aromatic heterocycles. The Morgan fingerprint density at radius 2 is 2.00 bits per heavy atom. The Balaban J connectivity index is 1.97. The minimum atomic E-state index is -4.69. The number of aromatic nitrogens is 2. The number of carbonyl (C=O) groups is 1. The quantitative estimate of drug-likeness (QED) is 0.832. The van der Waals surface area contributed by atoms with Crippen LogP contribution in [0.25, 0.3) is 0 Å². The molecule has 0 aliphatic heterocycles. The molecule has 0 fully saturated rings. The van der Waals surface area contributed by atoms with Crippen molar-refractivity contribution in [3.8, 4) is 0 Å². The van der Waals surface area contributed by atoms with E-state index in [0.717, 1.165) is 5.56 Å². The van der Waals surface area contributed by atoms with Crippen molar-refractivity contribution in [2.45, 2.75) is 25.4 Å². The minimum absolute atomic E-state index is 0.256. The van der Waals surface area contributed by atoms with Crippen LogP contribution >= 0.6 is 0 Å². The van der Waals surface area contributed by atoms with Gasteiger partial charge < -0.3 is 5.32 Å². The van der Waals surface area contributed by atoms with E-state index in [1.54, 1.807) is 47.4 Å². The fourth-order valence-corrected chi connectivity index (χ4v) is 1.82. The average Bonchev–Trinajstić information content (AvgIpc) is 2.97. The van der Waals surface area contributed by atoms with E-state index in [-0.39, 0.29) is 6.54 Å². The number of nitrogens with one attached hydrogen (secondary N) is 1. The predicted molar refractivity (Wildman–Crippen MR) is 70.6 cm³/mol. The van der Waals surface area contributed by atoms with Gasteiger partial charge in [0, 0.05) is 18.9 Å². The van der Waals surface area contributed by atoms with E-state index in [2.05, 4.69) is 5.10 Å². The molecule has 0 unspecified atom stereocenters. The van der Waals surface area contributed by atoms with Crippen LogP contribution < -0.4 is 5.32 Å². The number of hydrogen-bond acceptors (Lipinski definition) is 2. The first-order chi connectivity index (χ1) is 10.4. The molecular weight excluding hydrogens is 302 g/mol. The van der Waals surface area contributed by atoms with Gasteiger partial charge in [-0.05, 0) is 17.2 Å². The normalized spacial score (nSPS) is 11.7. The Bertz CT molecular complexity index is 629. The molecule has 0 radical (unpaired) electrons. The molecular formula is C14H13F4N3O. The summed E-state index contributed by atoms with van der Waals surface area (Å²) in [6.07, 6.45) is -0.646. The third-order valence-electron chi connectivity index (χ3n) is 2.93. The molecule has 0 spiro atoms. The van der Waals surface area contributed by atoms with Crippen molar-refractivity contribution in [2.24, 2.45) is 0 Å². The highest BCUT2D eigenvalue weighted by atomic mass is 19.3. The Morgan fingerprint density at radius 1 is 1.27 bits per heavy atom. The molecule has 0 aliphatic rings. The lowest BCUT2D eigenvalue weighted by atomic mass is 10.1. The fourth-order valence-electron chi connectivity index (χ4n) is 1.82. The molecule has 4 nitrogen and oxygen atoms in total. The van der Waals surface area contributed by atoms with Crippen LogP contribution in [0, 0.1) is 0 Å². The molecule has 8 heteroatoms. The number of hydrogen-bond donors (Lipinski definition) is 1. The lowest BCUT2D eigenvalue weighted by molar-refractivity contribution is -0.169. The number of carbonyl (C=O) groups excluding carboxylic acids is 1. The van der Waals surface area contributed by atoms with Gasteiger partial charge in [0.1, 0.15) is 0 Å². The number of alkyl halides is 4. The monoisotopic (exact) mass is 315 g/mol. The summed E-state index contributed by atoms with van der Waals surface area (Å²) in [5.41, 5.74) is 1.37. The van der Waals surface area contributed by atoms with Gasteiger partial charge in [0.05, 0.1) is 6.54 Å². The van der Waals surface area contributed by atoms with E-state index in [4.69, 9.17) is 0 Å². The Labute approximate surface area is 123 Å². The molecule has 0 aliphatic carbocycles. The van der Waals surface area contributed by atoms with Crippen molar-refractivity contribution in [1.29, 1.82) is 0 Å². The summed E-state index contributed by atoms with van der Waals surface area (Å²) in [6.45, 7) is 0.218. The summed E-state index contributed by atoms with van der Waals surface area (Å²) in [4.78, 5) is 11.1. The minimum Gasteiger partial charge on any atom is -0.347 e. The standard InChI is InChI=1S/C14H13F4N3O/c15-12(16)14(17,18)13(22)19-8-10-3-1-4-11(7-10)9-21-6-2-5-20-21/h1-7,12H,8-9H2,(H,19,22). The van der Waals surface area contributed by atoms with Gasteiger partial charge in [-0.3, -0.25) is 9.48 Å². The maximum Gasteiger partial charge on any atom is 0.383 e. The van der Waals surface area contributed by atoms with Gasteiger partial charge in [-0.25, -0.2) is 8.78 Å². The molecule has 2 rings (SSSR count). The molecule has 0 bridgehead atoms. The van der Waals surface area contributed by atoms with Gasteiger partial charge in [0.25, 0.3) is 5.91 Å². The lowest BCUT2D eigenvalue weighted by Crippen LogP contribution is -2.44. The van der Waals surface area contributed by atoms with E-state index in [1.807, 2.05) is 5.32 Å². The van der Waals surface area contributed by atoms with Crippen LogP contribution in [0.4, 0.5) is 17.6 Å². The van der Waals surface area contributed by atoms with Crippen molar-refractivity contribution < 1.29 is 22.4 Å². The molecule has 1 heterocycles. The van der Waals surface area contributed by atoms with Crippen molar-refractivity contribution in [3.05, 3.63) is 53.9 Å². The van der Waals surface area contributed by atoms with Crippen molar-refractivity contribution in [2.75, 3.05) is 0 Å². The summed E-state index contributed by atoms with van der Waals surface area (Å²) in [5, 5.41) is 5.85. The van der Waals surface area contributed by atoms with Crippen LogP contribution in [-0.4, -0.2) is 28.0 Å². The second kappa shape index (κ2) is 6.59. The second-order valence-electron chi connectivity index (χ2n) is 4.63. The Morgan fingerprint density at radius 3 is 2.64 bits per heavy atom.